The molecular formula is C14H9ClF2O2S. The largest absolute Gasteiger partial charge is 0.293 e. The second-order valence-corrected chi connectivity index (χ2v) is 5.85. The molecule has 104 valence electrons. The molecule has 6 heteroatoms. The van der Waals surface area contributed by atoms with Crippen LogP contribution in [-0.4, -0.2) is 15.7 Å². The van der Waals surface area contributed by atoms with E-state index in [-0.39, 0.29) is 10.5 Å². The van der Waals surface area contributed by atoms with Crippen LogP contribution >= 0.6 is 11.6 Å². The molecule has 0 bridgehead atoms. The Kier molecular flexibility index (Phi) is 4.62. The summed E-state index contributed by atoms with van der Waals surface area (Å²) in [7, 11) is -1.95. The second kappa shape index (κ2) is 6.24. The van der Waals surface area contributed by atoms with E-state index in [2.05, 4.69) is 0 Å². The van der Waals surface area contributed by atoms with Gasteiger partial charge < -0.3 is 0 Å². The van der Waals surface area contributed by atoms with Gasteiger partial charge in [-0.2, -0.15) is 0 Å². The third kappa shape index (κ3) is 3.49. The van der Waals surface area contributed by atoms with Crippen molar-refractivity contribution in [2.24, 2.45) is 0 Å². The van der Waals surface area contributed by atoms with Crippen molar-refractivity contribution in [3.63, 3.8) is 0 Å². The lowest BCUT2D eigenvalue weighted by Crippen LogP contribution is -2.12. The number of hydrogen-bond acceptors (Lipinski definition) is 2. The fourth-order valence-corrected chi connectivity index (χ4v) is 2.87. The van der Waals surface area contributed by atoms with Gasteiger partial charge in [0.15, 0.2) is 5.78 Å². The van der Waals surface area contributed by atoms with Gasteiger partial charge in [0, 0.05) is 10.6 Å². The average molecular weight is 315 g/mol. The molecule has 0 radical (unpaired) electrons. The fraction of sp³-hybridized carbons (Fsp3) is 0.0714. The lowest BCUT2D eigenvalue weighted by Gasteiger charge is -2.04. The van der Waals surface area contributed by atoms with Crippen LogP contribution in [0.2, 0.25) is 5.02 Å². The van der Waals surface area contributed by atoms with E-state index < -0.39 is 34.0 Å². The highest BCUT2D eigenvalue weighted by Gasteiger charge is 2.16. The quantitative estimate of drug-likeness (QED) is 0.808. The van der Waals surface area contributed by atoms with Crippen molar-refractivity contribution in [3.05, 3.63) is 64.7 Å². The molecule has 0 saturated carbocycles. The molecule has 2 nitrogen and oxygen atoms in total. The molecule has 0 saturated heterocycles. The Hall–Kier alpha value is -1.59. The molecular weight excluding hydrogens is 306 g/mol. The Morgan fingerprint density at radius 2 is 1.90 bits per heavy atom. The van der Waals surface area contributed by atoms with Gasteiger partial charge in [0.1, 0.15) is 11.6 Å². The number of hydrogen-bond donors (Lipinski definition) is 0. The number of carbonyl (C=O) groups is 1. The topological polar surface area (TPSA) is 34.1 Å². The second-order valence-electron chi connectivity index (χ2n) is 4.00. The molecule has 0 amide bonds. The lowest BCUT2D eigenvalue weighted by molar-refractivity contribution is 0.102. The van der Waals surface area contributed by atoms with Crippen molar-refractivity contribution in [3.8, 4) is 0 Å². The third-order valence-corrected chi connectivity index (χ3v) is 4.11. The molecule has 2 aromatic rings. The third-order valence-electron chi connectivity index (χ3n) is 2.55. The normalized spacial score (nSPS) is 12.2. The van der Waals surface area contributed by atoms with E-state index >= 15 is 0 Å². The smallest absolute Gasteiger partial charge is 0.175 e. The zero-order chi connectivity index (χ0) is 14.7. The van der Waals surface area contributed by atoms with Gasteiger partial charge in [-0.25, -0.2) is 8.78 Å². The summed E-state index contributed by atoms with van der Waals surface area (Å²) < 4.78 is 38.4. The Morgan fingerprint density at radius 3 is 2.60 bits per heavy atom. The first kappa shape index (κ1) is 14.8. The van der Waals surface area contributed by atoms with E-state index in [0.717, 1.165) is 18.2 Å². The minimum absolute atomic E-state index is 0.280. The highest BCUT2D eigenvalue weighted by Crippen LogP contribution is 2.16. The predicted octanol–water partition coefficient (Wildman–Crippen LogP) is 3.61. The summed E-state index contributed by atoms with van der Waals surface area (Å²) in [5, 5.41) is 0.374. The van der Waals surface area contributed by atoms with E-state index in [1.165, 1.54) is 12.1 Å². The van der Waals surface area contributed by atoms with Gasteiger partial charge in [-0.3, -0.25) is 9.00 Å². The molecule has 0 N–H and O–H groups in total. The Labute approximate surface area is 121 Å². The summed E-state index contributed by atoms with van der Waals surface area (Å²) >= 11 is 5.75. The average Bonchev–Trinajstić information content (AvgIpc) is 2.41. The molecule has 0 fully saturated rings. The van der Waals surface area contributed by atoms with Crippen molar-refractivity contribution < 1.29 is 17.8 Å². The summed E-state index contributed by atoms with van der Waals surface area (Å²) in [6, 6.07) is 8.77. The van der Waals surface area contributed by atoms with E-state index in [1.54, 1.807) is 12.1 Å². The standard InChI is InChI=1S/C14H9ClF2O2S/c15-10-3-1-2-9(6-10)13(18)8-20(19)14-7-11(16)4-5-12(14)17/h1-7H,8H2. The molecule has 2 rings (SSSR count). The highest BCUT2D eigenvalue weighted by atomic mass is 35.5. The zero-order valence-electron chi connectivity index (χ0n) is 10.1. The van der Waals surface area contributed by atoms with Crippen LogP contribution in [0.5, 0.6) is 0 Å². The molecule has 2 aromatic carbocycles. The summed E-state index contributed by atoms with van der Waals surface area (Å²) in [6.45, 7) is 0. The van der Waals surface area contributed by atoms with Gasteiger partial charge >= 0.3 is 0 Å². The van der Waals surface area contributed by atoms with Gasteiger partial charge in [0.25, 0.3) is 0 Å². The minimum atomic E-state index is -1.95. The van der Waals surface area contributed by atoms with E-state index in [0.29, 0.717) is 5.02 Å². The molecule has 1 atom stereocenters. The number of benzene rings is 2. The Balaban J connectivity index is 2.19. The van der Waals surface area contributed by atoms with Crippen molar-refractivity contribution >= 4 is 28.2 Å². The number of halogens is 3. The fourth-order valence-electron chi connectivity index (χ4n) is 1.59. The summed E-state index contributed by atoms with van der Waals surface area (Å²) in [5.74, 6) is -2.39. The van der Waals surface area contributed by atoms with Crippen LogP contribution in [0.4, 0.5) is 8.78 Å². The molecule has 0 aromatic heterocycles. The van der Waals surface area contributed by atoms with Crippen LogP contribution in [0, 0.1) is 11.6 Å². The minimum Gasteiger partial charge on any atom is -0.293 e. The van der Waals surface area contributed by atoms with Crippen LogP contribution in [0.1, 0.15) is 10.4 Å². The van der Waals surface area contributed by atoms with E-state index in [4.69, 9.17) is 11.6 Å². The van der Waals surface area contributed by atoms with Crippen LogP contribution in [0.3, 0.4) is 0 Å². The van der Waals surface area contributed by atoms with E-state index in [1.807, 2.05) is 0 Å². The molecule has 1 unspecified atom stereocenters. The first-order valence-electron chi connectivity index (χ1n) is 5.59. The first-order valence-corrected chi connectivity index (χ1v) is 7.29. The van der Waals surface area contributed by atoms with Gasteiger partial charge in [-0.05, 0) is 30.3 Å². The van der Waals surface area contributed by atoms with E-state index in [9.17, 15) is 17.8 Å². The van der Waals surface area contributed by atoms with Crippen molar-refractivity contribution in [2.45, 2.75) is 4.90 Å². The number of Topliss-reactive ketones (excluding diaryl/α,β-unsaturated/α-hetero) is 1. The molecule has 0 aliphatic heterocycles. The SMILES string of the molecule is O=C(CS(=O)c1cc(F)ccc1F)c1cccc(Cl)c1. The first-order chi connectivity index (χ1) is 9.47. The molecule has 0 spiro atoms. The number of ketones is 1. The maximum atomic E-state index is 13.4. The van der Waals surface area contributed by atoms with Gasteiger partial charge in [0.05, 0.1) is 21.4 Å². The summed E-state index contributed by atoms with van der Waals surface area (Å²) in [6.07, 6.45) is 0. The Bertz CT molecular complexity index is 689. The maximum Gasteiger partial charge on any atom is 0.175 e. The monoisotopic (exact) mass is 314 g/mol. The predicted molar refractivity (Wildman–Crippen MR) is 73.4 cm³/mol. The maximum absolute atomic E-state index is 13.4. The molecule has 0 heterocycles. The lowest BCUT2D eigenvalue weighted by atomic mass is 10.1. The Morgan fingerprint density at radius 1 is 1.15 bits per heavy atom. The van der Waals surface area contributed by atoms with Gasteiger partial charge in [-0.1, -0.05) is 23.7 Å². The molecule has 20 heavy (non-hydrogen) atoms. The molecule has 0 aliphatic carbocycles. The number of rotatable bonds is 4. The van der Waals surface area contributed by atoms with Crippen LogP contribution in [-0.2, 0) is 10.8 Å². The highest BCUT2D eigenvalue weighted by molar-refractivity contribution is 7.85. The van der Waals surface area contributed by atoms with Crippen LogP contribution < -0.4 is 0 Å². The zero-order valence-corrected chi connectivity index (χ0v) is 11.7. The van der Waals surface area contributed by atoms with Gasteiger partial charge in [-0.15, -0.1) is 0 Å². The summed E-state index contributed by atoms with van der Waals surface area (Å²) in [5.41, 5.74) is 0.280. The van der Waals surface area contributed by atoms with Crippen LogP contribution in [0.15, 0.2) is 47.4 Å². The number of carbonyl (C=O) groups excluding carboxylic acids is 1. The van der Waals surface area contributed by atoms with Gasteiger partial charge in [0.2, 0.25) is 0 Å². The van der Waals surface area contributed by atoms with Crippen LogP contribution in [0.25, 0.3) is 0 Å². The van der Waals surface area contributed by atoms with Crippen molar-refractivity contribution in [1.29, 1.82) is 0 Å². The van der Waals surface area contributed by atoms with Crippen molar-refractivity contribution in [1.82, 2.24) is 0 Å². The summed E-state index contributed by atoms with van der Waals surface area (Å²) in [4.78, 5) is 11.6. The molecule has 0 aliphatic rings. The van der Waals surface area contributed by atoms with Crippen molar-refractivity contribution in [2.75, 3.05) is 5.75 Å².